The van der Waals surface area contributed by atoms with Crippen molar-refractivity contribution in [3.8, 4) is 5.75 Å². The van der Waals surface area contributed by atoms with Crippen LogP contribution in [0.1, 0.15) is 11.3 Å². The first-order valence-electron chi connectivity index (χ1n) is 7.05. The largest absolute Gasteiger partial charge is 0.497 e. The monoisotopic (exact) mass is 348 g/mol. The Morgan fingerprint density at radius 1 is 1.04 bits per heavy atom. The van der Waals surface area contributed by atoms with Gasteiger partial charge in [0.25, 0.3) is 0 Å². The predicted molar refractivity (Wildman–Crippen MR) is 99.8 cm³/mol. The highest BCUT2D eigenvalue weighted by Crippen LogP contribution is 2.30. The number of anilines is 2. The Morgan fingerprint density at radius 2 is 1.83 bits per heavy atom. The van der Waals surface area contributed by atoms with E-state index in [1.807, 2.05) is 56.3 Å². The molecule has 0 aliphatic heterocycles. The molecule has 120 valence electrons. The third-order valence-corrected chi connectivity index (χ3v) is 4.00. The van der Waals surface area contributed by atoms with Crippen LogP contribution in [0.25, 0.3) is 10.9 Å². The minimum absolute atomic E-state index is 0. The van der Waals surface area contributed by atoms with E-state index in [1.54, 1.807) is 7.11 Å². The Morgan fingerprint density at radius 3 is 2.52 bits per heavy atom. The molecule has 0 amide bonds. The van der Waals surface area contributed by atoms with E-state index < -0.39 is 0 Å². The van der Waals surface area contributed by atoms with Crippen molar-refractivity contribution < 1.29 is 4.74 Å². The number of rotatable bonds is 3. The number of pyridine rings is 1. The number of benzene rings is 2. The van der Waals surface area contributed by atoms with Crippen molar-refractivity contribution >= 4 is 46.3 Å². The zero-order valence-corrected chi connectivity index (χ0v) is 14.8. The molecule has 0 aliphatic rings. The number of hydrogen-bond acceptors (Lipinski definition) is 3. The highest BCUT2D eigenvalue weighted by atomic mass is 35.5. The van der Waals surface area contributed by atoms with Gasteiger partial charge in [-0.1, -0.05) is 17.7 Å². The molecule has 3 aromatic rings. The molecule has 3 rings (SSSR count). The SMILES string of the molecule is COc1ccc2nc(C)cc(Nc3ccc(C)c(Cl)c3)c2c1.Cl. The molecule has 0 radical (unpaired) electrons. The van der Waals surface area contributed by atoms with Crippen molar-refractivity contribution in [1.29, 1.82) is 0 Å². The van der Waals surface area contributed by atoms with Crippen LogP contribution in [0.15, 0.2) is 42.5 Å². The molecule has 0 fully saturated rings. The fourth-order valence-electron chi connectivity index (χ4n) is 2.39. The average Bonchev–Trinajstić information content (AvgIpc) is 2.50. The number of fused-ring (bicyclic) bond motifs is 1. The van der Waals surface area contributed by atoms with Gasteiger partial charge in [-0.15, -0.1) is 12.4 Å². The molecule has 2 aromatic carbocycles. The maximum absolute atomic E-state index is 6.20. The van der Waals surface area contributed by atoms with Gasteiger partial charge in [-0.2, -0.15) is 0 Å². The van der Waals surface area contributed by atoms with Crippen molar-refractivity contribution in [2.24, 2.45) is 0 Å². The molecule has 5 heteroatoms. The zero-order valence-electron chi connectivity index (χ0n) is 13.2. The number of nitrogens with one attached hydrogen (secondary N) is 1. The van der Waals surface area contributed by atoms with Crippen LogP contribution in [-0.4, -0.2) is 12.1 Å². The summed E-state index contributed by atoms with van der Waals surface area (Å²) in [6, 6.07) is 13.8. The van der Waals surface area contributed by atoms with E-state index in [1.165, 1.54) is 0 Å². The standard InChI is InChI=1S/C18H17ClN2O.ClH/c1-11-4-5-13(9-16(11)19)21-18-8-12(2)20-17-7-6-14(22-3)10-15(17)18;/h4-10H,1-3H3,(H,20,21);1H. The van der Waals surface area contributed by atoms with Crippen LogP contribution >= 0.6 is 24.0 Å². The van der Waals surface area contributed by atoms with Crippen molar-refractivity contribution in [1.82, 2.24) is 4.98 Å². The summed E-state index contributed by atoms with van der Waals surface area (Å²) in [5, 5.41) is 5.19. The predicted octanol–water partition coefficient (Wildman–Crippen LogP) is 5.68. The summed E-state index contributed by atoms with van der Waals surface area (Å²) in [6.07, 6.45) is 0. The first-order valence-corrected chi connectivity index (χ1v) is 7.43. The van der Waals surface area contributed by atoms with Crippen molar-refractivity contribution in [2.45, 2.75) is 13.8 Å². The summed E-state index contributed by atoms with van der Waals surface area (Å²) in [7, 11) is 1.66. The van der Waals surface area contributed by atoms with Gasteiger partial charge in [-0.25, -0.2) is 0 Å². The van der Waals surface area contributed by atoms with Gasteiger partial charge in [0, 0.05) is 27.5 Å². The van der Waals surface area contributed by atoms with E-state index in [2.05, 4.69) is 10.3 Å². The number of aromatic nitrogens is 1. The van der Waals surface area contributed by atoms with Crippen LogP contribution in [-0.2, 0) is 0 Å². The lowest BCUT2D eigenvalue weighted by Crippen LogP contribution is -1.95. The molecule has 0 saturated heterocycles. The van der Waals surface area contributed by atoms with Gasteiger partial charge in [0.2, 0.25) is 0 Å². The molecule has 1 heterocycles. The van der Waals surface area contributed by atoms with E-state index in [4.69, 9.17) is 16.3 Å². The summed E-state index contributed by atoms with van der Waals surface area (Å²) in [4.78, 5) is 4.56. The lowest BCUT2D eigenvalue weighted by Gasteiger charge is -2.12. The molecule has 23 heavy (non-hydrogen) atoms. The molecule has 0 bridgehead atoms. The van der Waals surface area contributed by atoms with Crippen LogP contribution in [0.3, 0.4) is 0 Å². The molecule has 0 spiro atoms. The van der Waals surface area contributed by atoms with Crippen LogP contribution in [0.2, 0.25) is 5.02 Å². The Bertz CT molecular complexity index is 850. The van der Waals surface area contributed by atoms with E-state index in [0.717, 1.165) is 44.3 Å². The van der Waals surface area contributed by atoms with Gasteiger partial charge in [-0.3, -0.25) is 4.98 Å². The molecule has 0 atom stereocenters. The number of methoxy groups -OCH3 is 1. The van der Waals surface area contributed by atoms with Gasteiger partial charge in [-0.05, 0) is 55.8 Å². The topological polar surface area (TPSA) is 34.1 Å². The Kier molecular flexibility index (Phi) is 5.34. The average molecular weight is 349 g/mol. The van der Waals surface area contributed by atoms with Gasteiger partial charge in [0.05, 0.1) is 12.6 Å². The fraction of sp³-hybridized carbons (Fsp3) is 0.167. The first-order chi connectivity index (χ1) is 10.6. The van der Waals surface area contributed by atoms with Crippen LogP contribution in [0.4, 0.5) is 11.4 Å². The highest BCUT2D eigenvalue weighted by molar-refractivity contribution is 6.31. The molecule has 0 unspecified atom stereocenters. The Labute approximate surface area is 147 Å². The second-order valence-corrected chi connectivity index (χ2v) is 5.69. The van der Waals surface area contributed by atoms with Crippen molar-refractivity contribution in [3.63, 3.8) is 0 Å². The Hall–Kier alpha value is -1.97. The number of ether oxygens (including phenoxy) is 1. The van der Waals surface area contributed by atoms with E-state index in [9.17, 15) is 0 Å². The number of aryl methyl sites for hydroxylation is 2. The summed E-state index contributed by atoms with van der Waals surface area (Å²) in [5.41, 5.74) is 4.89. The van der Waals surface area contributed by atoms with Gasteiger partial charge < -0.3 is 10.1 Å². The van der Waals surface area contributed by atoms with E-state index in [-0.39, 0.29) is 12.4 Å². The number of halogens is 2. The quantitative estimate of drug-likeness (QED) is 0.661. The second-order valence-electron chi connectivity index (χ2n) is 5.28. The highest BCUT2D eigenvalue weighted by Gasteiger charge is 2.07. The van der Waals surface area contributed by atoms with Crippen LogP contribution in [0.5, 0.6) is 5.75 Å². The lowest BCUT2D eigenvalue weighted by molar-refractivity contribution is 0.415. The molecule has 3 nitrogen and oxygen atoms in total. The van der Waals surface area contributed by atoms with Gasteiger partial charge in [0.15, 0.2) is 0 Å². The Balaban J connectivity index is 0.00000192. The maximum atomic E-state index is 6.20. The van der Waals surface area contributed by atoms with Crippen LogP contribution < -0.4 is 10.1 Å². The fourth-order valence-corrected chi connectivity index (χ4v) is 2.57. The maximum Gasteiger partial charge on any atom is 0.119 e. The molecule has 1 aromatic heterocycles. The van der Waals surface area contributed by atoms with E-state index in [0.29, 0.717) is 0 Å². The molecule has 0 saturated carbocycles. The first kappa shape index (κ1) is 17.4. The van der Waals surface area contributed by atoms with E-state index >= 15 is 0 Å². The molecule has 0 aliphatic carbocycles. The van der Waals surface area contributed by atoms with Gasteiger partial charge in [0.1, 0.15) is 5.75 Å². The minimum Gasteiger partial charge on any atom is -0.497 e. The molecular formula is C18H18Cl2N2O. The number of nitrogens with zero attached hydrogens (tertiary/aromatic N) is 1. The normalized spacial score (nSPS) is 10.3. The van der Waals surface area contributed by atoms with Crippen molar-refractivity contribution in [3.05, 3.63) is 58.7 Å². The molecule has 1 N–H and O–H groups in total. The third kappa shape index (κ3) is 3.69. The smallest absolute Gasteiger partial charge is 0.119 e. The van der Waals surface area contributed by atoms with Gasteiger partial charge >= 0.3 is 0 Å². The van der Waals surface area contributed by atoms with Crippen molar-refractivity contribution in [2.75, 3.05) is 12.4 Å². The summed E-state index contributed by atoms with van der Waals surface area (Å²) in [5.74, 6) is 0.808. The zero-order chi connectivity index (χ0) is 15.7. The number of hydrogen-bond donors (Lipinski definition) is 1. The summed E-state index contributed by atoms with van der Waals surface area (Å²) in [6.45, 7) is 3.97. The summed E-state index contributed by atoms with van der Waals surface area (Å²) >= 11 is 6.20. The summed E-state index contributed by atoms with van der Waals surface area (Å²) < 4.78 is 5.32. The molecular weight excluding hydrogens is 331 g/mol. The lowest BCUT2D eigenvalue weighted by atomic mass is 10.1. The minimum atomic E-state index is 0. The third-order valence-electron chi connectivity index (χ3n) is 3.59. The van der Waals surface area contributed by atoms with Crippen LogP contribution in [0, 0.1) is 13.8 Å². The second kappa shape index (κ2) is 7.07.